The molecule has 0 aromatic heterocycles. The monoisotopic (exact) mass is 724 g/mol. The molecule has 5 aromatic rings. The number of anilines is 2. The third-order valence-electron chi connectivity index (χ3n) is 7.38. The Labute approximate surface area is 276 Å². The summed E-state index contributed by atoms with van der Waals surface area (Å²) in [6.45, 7) is 2.17. The minimum atomic E-state index is -0.750. The van der Waals surface area contributed by atoms with Crippen LogP contribution in [-0.4, -0.2) is 25.0 Å². The highest BCUT2D eigenvalue weighted by Gasteiger charge is 2.44. The zero-order valence-corrected chi connectivity index (χ0v) is 27.5. The largest absolute Gasteiger partial charge is 0.493 e. The van der Waals surface area contributed by atoms with E-state index in [2.05, 4.69) is 31.9 Å². The summed E-state index contributed by atoms with van der Waals surface area (Å²) in [4.78, 5) is 44.3. The van der Waals surface area contributed by atoms with Crippen LogP contribution in [0.4, 0.5) is 16.2 Å². The van der Waals surface area contributed by atoms with Gasteiger partial charge in [-0.25, -0.2) is 14.6 Å². The van der Waals surface area contributed by atoms with Crippen LogP contribution >= 0.6 is 31.9 Å². The fourth-order valence-corrected chi connectivity index (χ4v) is 6.04. The maximum atomic E-state index is 14.1. The molecule has 45 heavy (non-hydrogen) atoms. The summed E-state index contributed by atoms with van der Waals surface area (Å²) >= 11 is 7.01. The zero-order chi connectivity index (χ0) is 31.7. The topological polar surface area (TPSA) is 76.2 Å². The molecule has 0 spiro atoms. The molecule has 0 unspecified atom stereocenters. The van der Waals surface area contributed by atoms with Gasteiger partial charge in [0.1, 0.15) is 12.2 Å². The van der Waals surface area contributed by atoms with E-state index in [9.17, 15) is 14.4 Å². The van der Waals surface area contributed by atoms with Gasteiger partial charge in [0, 0.05) is 9.86 Å². The number of urea groups is 1. The van der Waals surface area contributed by atoms with Crippen LogP contribution in [0.1, 0.15) is 16.7 Å². The Morgan fingerprint density at radius 1 is 0.778 bits per heavy atom. The molecule has 6 rings (SSSR count). The number of hydrogen-bond donors (Lipinski definition) is 0. The second kappa shape index (κ2) is 12.7. The molecule has 0 saturated carbocycles. The summed E-state index contributed by atoms with van der Waals surface area (Å²) in [6, 6.07) is 30.4. The van der Waals surface area contributed by atoms with Crippen molar-refractivity contribution in [1.29, 1.82) is 0 Å². The van der Waals surface area contributed by atoms with Crippen molar-refractivity contribution in [3.63, 3.8) is 0 Å². The Balaban J connectivity index is 1.44. The average molecular weight is 726 g/mol. The van der Waals surface area contributed by atoms with Crippen LogP contribution in [0.2, 0.25) is 0 Å². The van der Waals surface area contributed by atoms with Crippen LogP contribution < -0.4 is 19.3 Å². The van der Waals surface area contributed by atoms with E-state index < -0.39 is 17.8 Å². The molecule has 1 saturated heterocycles. The van der Waals surface area contributed by atoms with Crippen LogP contribution in [0.5, 0.6) is 11.5 Å². The molecule has 0 bridgehead atoms. The first kappa shape index (κ1) is 30.3. The molecule has 1 fully saturated rings. The van der Waals surface area contributed by atoms with E-state index in [4.69, 9.17) is 9.47 Å². The van der Waals surface area contributed by atoms with Crippen molar-refractivity contribution < 1.29 is 23.9 Å². The van der Waals surface area contributed by atoms with Crippen molar-refractivity contribution in [3.05, 3.63) is 134 Å². The normalized spacial score (nSPS) is 14.4. The Hall–Kier alpha value is -4.73. The van der Waals surface area contributed by atoms with E-state index in [1.54, 1.807) is 42.5 Å². The SMILES string of the molecule is COc1cc(/C=C2\C(=O)N(c3cccc(C)c3)C(=O)N(c3cccc4ccccc34)C2=O)cc(Br)c1OCc1ccc(Br)cc1. The molecule has 0 aliphatic carbocycles. The summed E-state index contributed by atoms with van der Waals surface area (Å²) in [7, 11) is 1.52. The van der Waals surface area contributed by atoms with Gasteiger partial charge in [-0.1, -0.05) is 76.6 Å². The third kappa shape index (κ3) is 6.01. The number of barbiturate groups is 1. The number of methoxy groups -OCH3 is 1. The van der Waals surface area contributed by atoms with E-state index >= 15 is 0 Å². The first-order valence-corrected chi connectivity index (χ1v) is 15.6. The molecule has 224 valence electrons. The number of rotatable bonds is 7. The average Bonchev–Trinajstić information content (AvgIpc) is 3.03. The maximum absolute atomic E-state index is 14.1. The van der Waals surface area contributed by atoms with Crippen molar-refractivity contribution in [2.45, 2.75) is 13.5 Å². The fourth-order valence-electron chi connectivity index (χ4n) is 5.21. The number of aryl methyl sites for hydroxylation is 1. The predicted molar refractivity (Wildman–Crippen MR) is 183 cm³/mol. The van der Waals surface area contributed by atoms with Crippen molar-refractivity contribution in [1.82, 2.24) is 0 Å². The van der Waals surface area contributed by atoms with Gasteiger partial charge in [0.2, 0.25) is 0 Å². The summed E-state index contributed by atoms with van der Waals surface area (Å²) in [5.41, 5.74) is 2.90. The van der Waals surface area contributed by atoms with Gasteiger partial charge in [-0.05, 0) is 93.5 Å². The molecule has 0 atom stereocenters. The van der Waals surface area contributed by atoms with Crippen LogP contribution in [0, 0.1) is 6.92 Å². The van der Waals surface area contributed by atoms with Crippen molar-refractivity contribution >= 4 is 77.9 Å². The Morgan fingerprint density at radius 3 is 2.24 bits per heavy atom. The van der Waals surface area contributed by atoms with Crippen molar-refractivity contribution in [3.8, 4) is 11.5 Å². The maximum Gasteiger partial charge on any atom is 0.343 e. The van der Waals surface area contributed by atoms with Gasteiger partial charge in [-0.2, -0.15) is 0 Å². The van der Waals surface area contributed by atoms with Gasteiger partial charge in [-0.3, -0.25) is 9.59 Å². The first-order chi connectivity index (χ1) is 21.7. The summed E-state index contributed by atoms with van der Waals surface area (Å²) in [5, 5.41) is 1.56. The van der Waals surface area contributed by atoms with Crippen LogP contribution in [-0.2, 0) is 16.2 Å². The number of imide groups is 2. The molecule has 4 amide bonds. The van der Waals surface area contributed by atoms with Crippen molar-refractivity contribution in [2.75, 3.05) is 16.9 Å². The number of hydrogen-bond acceptors (Lipinski definition) is 5. The number of amides is 4. The van der Waals surface area contributed by atoms with E-state index in [0.29, 0.717) is 44.9 Å². The molecular weight excluding hydrogens is 700 g/mol. The van der Waals surface area contributed by atoms with Gasteiger partial charge in [0.05, 0.1) is 23.0 Å². The summed E-state index contributed by atoms with van der Waals surface area (Å²) in [6.07, 6.45) is 1.48. The summed E-state index contributed by atoms with van der Waals surface area (Å²) in [5.74, 6) is -0.576. The minimum absolute atomic E-state index is 0.179. The molecule has 7 nitrogen and oxygen atoms in total. The minimum Gasteiger partial charge on any atom is -0.493 e. The van der Waals surface area contributed by atoms with E-state index in [0.717, 1.165) is 30.8 Å². The van der Waals surface area contributed by atoms with Gasteiger partial charge in [-0.15, -0.1) is 0 Å². The lowest BCUT2D eigenvalue weighted by Crippen LogP contribution is -2.57. The van der Waals surface area contributed by atoms with Gasteiger partial charge in [0.15, 0.2) is 11.5 Å². The van der Waals surface area contributed by atoms with Crippen LogP contribution in [0.15, 0.2) is 118 Å². The van der Waals surface area contributed by atoms with Gasteiger partial charge < -0.3 is 9.47 Å². The molecule has 9 heteroatoms. The second-order valence-electron chi connectivity index (χ2n) is 10.4. The number of halogens is 2. The van der Waals surface area contributed by atoms with E-state index in [1.165, 1.54) is 13.2 Å². The molecular formula is C36H26Br2N2O5. The number of benzene rings is 5. The lowest BCUT2D eigenvalue weighted by atomic mass is 10.0. The van der Waals surface area contributed by atoms with Crippen LogP contribution in [0.3, 0.4) is 0 Å². The quantitative estimate of drug-likeness (QED) is 0.124. The Bertz CT molecular complexity index is 2000. The standard InChI is InChI=1S/C36H26Br2N2O5/c1-22-7-5-10-27(17-22)39-34(41)29(35(42)40(36(39)43)31-12-6-9-25-8-3-4-11-28(25)31)18-24-19-30(38)33(32(20-24)44-2)45-21-23-13-15-26(37)16-14-23/h3-20H,21H2,1-2H3/b29-18+. The molecule has 5 aromatic carbocycles. The van der Waals surface area contributed by atoms with E-state index in [-0.39, 0.29) is 5.57 Å². The number of ether oxygens (including phenoxy) is 2. The van der Waals surface area contributed by atoms with Crippen LogP contribution in [0.25, 0.3) is 16.8 Å². The number of carbonyl (C=O) groups excluding carboxylic acids is 3. The van der Waals surface area contributed by atoms with Crippen molar-refractivity contribution in [2.24, 2.45) is 0 Å². The number of fused-ring (bicyclic) bond motifs is 1. The number of carbonyl (C=O) groups is 3. The fraction of sp³-hybridized carbons (Fsp3) is 0.0833. The number of nitrogens with zero attached hydrogens (tertiary/aromatic N) is 2. The molecule has 1 heterocycles. The van der Waals surface area contributed by atoms with Gasteiger partial charge >= 0.3 is 6.03 Å². The van der Waals surface area contributed by atoms with Gasteiger partial charge in [0.25, 0.3) is 11.8 Å². The predicted octanol–water partition coefficient (Wildman–Crippen LogP) is 8.84. The molecule has 0 N–H and O–H groups in total. The zero-order valence-electron chi connectivity index (χ0n) is 24.3. The lowest BCUT2D eigenvalue weighted by Gasteiger charge is -2.34. The molecule has 0 radical (unpaired) electrons. The Morgan fingerprint density at radius 2 is 1.49 bits per heavy atom. The molecule has 1 aliphatic heterocycles. The summed E-state index contributed by atoms with van der Waals surface area (Å²) < 4.78 is 13.3. The lowest BCUT2D eigenvalue weighted by molar-refractivity contribution is -0.121. The molecule has 1 aliphatic rings. The highest BCUT2D eigenvalue weighted by Crippen LogP contribution is 2.39. The second-order valence-corrected chi connectivity index (χ2v) is 12.2. The highest BCUT2D eigenvalue weighted by atomic mass is 79.9. The Kier molecular flexibility index (Phi) is 8.56. The third-order valence-corrected chi connectivity index (χ3v) is 8.49. The van der Waals surface area contributed by atoms with E-state index in [1.807, 2.05) is 67.6 Å². The smallest absolute Gasteiger partial charge is 0.343 e. The highest BCUT2D eigenvalue weighted by molar-refractivity contribution is 9.10. The first-order valence-electron chi connectivity index (χ1n) is 14.0.